The number of nitrogens with two attached hydrogens (primary N) is 1. The number of hydrogen-bond donors (Lipinski definition) is 4. The van der Waals surface area contributed by atoms with Gasteiger partial charge in [0.1, 0.15) is 6.04 Å². The molecular weight excluding hydrogens is 356 g/mol. The van der Waals surface area contributed by atoms with Crippen molar-refractivity contribution in [3.63, 3.8) is 0 Å². The second kappa shape index (κ2) is 7.98. The highest BCUT2D eigenvalue weighted by Crippen LogP contribution is 2.15. The SMILES string of the molecule is CNC(=O)c1cccc(N[C@H](C)C(=O)Nc2ccc(S(N)(=O)=O)cc2)c1. The Hall–Kier alpha value is -2.91. The third-order valence-electron chi connectivity index (χ3n) is 3.58. The summed E-state index contributed by atoms with van der Waals surface area (Å²) in [5.41, 5.74) is 1.54. The molecule has 0 spiro atoms. The van der Waals surface area contributed by atoms with Crippen LogP contribution in [0, 0.1) is 0 Å². The summed E-state index contributed by atoms with van der Waals surface area (Å²) in [4.78, 5) is 23.9. The molecule has 0 saturated heterocycles. The van der Waals surface area contributed by atoms with Gasteiger partial charge in [-0.15, -0.1) is 0 Å². The molecule has 5 N–H and O–H groups in total. The smallest absolute Gasteiger partial charge is 0.251 e. The standard InChI is InChI=1S/C17H20N4O4S/c1-11(20-14-5-3-4-12(10-14)17(23)19-2)16(22)21-13-6-8-15(9-7-13)26(18,24)25/h3-11,20H,1-2H3,(H,19,23)(H,21,22)(H2,18,24,25)/t11-/m1/s1. The number of rotatable bonds is 6. The maximum Gasteiger partial charge on any atom is 0.251 e. The molecule has 0 aromatic heterocycles. The van der Waals surface area contributed by atoms with E-state index in [-0.39, 0.29) is 16.7 Å². The van der Waals surface area contributed by atoms with E-state index < -0.39 is 16.1 Å². The number of sulfonamides is 1. The lowest BCUT2D eigenvalue weighted by Gasteiger charge is -2.16. The molecule has 8 nitrogen and oxygen atoms in total. The van der Waals surface area contributed by atoms with Gasteiger partial charge in [0.05, 0.1) is 4.90 Å². The first-order valence-corrected chi connectivity index (χ1v) is 9.28. The molecular formula is C17H20N4O4S. The summed E-state index contributed by atoms with van der Waals surface area (Å²) in [6.45, 7) is 1.67. The van der Waals surface area contributed by atoms with Crippen LogP contribution in [0.2, 0.25) is 0 Å². The molecule has 9 heteroatoms. The number of carbonyl (C=O) groups is 2. The average molecular weight is 376 g/mol. The Labute approximate surface area is 151 Å². The van der Waals surface area contributed by atoms with Crippen LogP contribution in [-0.2, 0) is 14.8 Å². The second-order valence-corrected chi connectivity index (χ2v) is 7.15. The Bertz CT molecular complexity index is 911. The van der Waals surface area contributed by atoms with E-state index in [9.17, 15) is 18.0 Å². The number of benzene rings is 2. The topological polar surface area (TPSA) is 130 Å². The fourth-order valence-corrected chi connectivity index (χ4v) is 2.70. The monoisotopic (exact) mass is 376 g/mol. The predicted molar refractivity (Wildman–Crippen MR) is 99.4 cm³/mol. The van der Waals surface area contributed by atoms with E-state index in [1.54, 1.807) is 38.2 Å². The van der Waals surface area contributed by atoms with Crippen molar-refractivity contribution in [2.45, 2.75) is 17.9 Å². The number of primary sulfonamides is 1. The summed E-state index contributed by atoms with van der Waals surface area (Å²) in [5, 5.41) is 13.2. The molecule has 2 aromatic carbocycles. The molecule has 138 valence electrons. The summed E-state index contributed by atoms with van der Waals surface area (Å²) >= 11 is 0. The van der Waals surface area contributed by atoms with Crippen LogP contribution in [0.1, 0.15) is 17.3 Å². The zero-order chi connectivity index (χ0) is 19.3. The predicted octanol–water partition coefficient (Wildman–Crippen LogP) is 1.13. The zero-order valence-electron chi connectivity index (χ0n) is 14.3. The van der Waals surface area contributed by atoms with E-state index in [1.165, 1.54) is 24.3 Å². The van der Waals surface area contributed by atoms with Gasteiger partial charge < -0.3 is 16.0 Å². The number of amides is 2. The van der Waals surface area contributed by atoms with Gasteiger partial charge >= 0.3 is 0 Å². The lowest BCUT2D eigenvalue weighted by Crippen LogP contribution is -2.32. The number of carbonyl (C=O) groups excluding carboxylic acids is 2. The van der Waals surface area contributed by atoms with Gasteiger partial charge in [-0.05, 0) is 49.4 Å². The van der Waals surface area contributed by atoms with E-state index in [0.717, 1.165) is 0 Å². The van der Waals surface area contributed by atoms with Crippen molar-refractivity contribution >= 4 is 33.2 Å². The van der Waals surface area contributed by atoms with Crippen LogP contribution in [0.3, 0.4) is 0 Å². The molecule has 0 unspecified atom stereocenters. The van der Waals surface area contributed by atoms with Crippen molar-refractivity contribution in [2.24, 2.45) is 5.14 Å². The molecule has 0 fully saturated rings. The molecule has 26 heavy (non-hydrogen) atoms. The molecule has 0 aliphatic rings. The third kappa shape index (κ3) is 5.04. The van der Waals surface area contributed by atoms with Crippen LogP contribution in [0.5, 0.6) is 0 Å². The molecule has 0 aliphatic carbocycles. The molecule has 1 atom stereocenters. The van der Waals surface area contributed by atoms with E-state index in [2.05, 4.69) is 16.0 Å². The minimum absolute atomic E-state index is 0.0345. The second-order valence-electron chi connectivity index (χ2n) is 5.58. The largest absolute Gasteiger partial charge is 0.374 e. The van der Waals surface area contributed by atoms with Crippen molar-refractivity contribution in [1.82, 2.24) is 5.32 Å². The summed E-state index contributed by atoms with van der Waals surface area (Å²) < 4.78 is 22.5. The summed E-state index contributed by atoms with van der Waals surface area (Å²) in [6.07, 6.45) is 0. The van der Waals surface area contributed by atoms with Gasteiger partial charge in [0.25, 0.3) is 5.91 Å². The quantitative estimate of drug-likeness (QED) is 0.600. The van der Waals surface area contributed by atoms with Gasteiger partial charge in [0.15, 0.2) is 0 Å². The van der Waals surface area contributed by atoms with Crippen LogP contribution in [0.4, 0.5) is 11.4 Å². The first-order valence-electron chi connectivity index (χ1n) is 7.73. The maximum atomic E-state index is 12.3. The first kappa shape index (κ1) is 19.4. The fraction of sp³-hybridized carbons (Fsp3) is 0.176. The highest BCUT2D eigenvalue weighted by atomic mass is 32.2. The van der Waals surface area contributed by atoms with E-state index in [0.29, 0.717) is 16.9 Å². The third-order valence-corrected chi connectivity index (χ3v) is 4.51. The molecule has 0 saturated carbocycles. The van der Waals surface area contributed by atoms with Crippen LogP contribution >= 0.6 is 0 Å². The minimum Gasteiger partial charge on any atom is -0.374 e. The molecule has 2 amide bonds. The lowest BCUT2D eigenvalue weighted by molar-refractivity contribution is -0.116. The Morgan fingerprint density at radius 1 is 1.04 bits per heavy atom. The molecule has 2 aromatic rings. The van der Waals surface area contributed by atoms with Gasteiger partial charge in [-0.2, -0.15) is 0 Å². The molecule has 0 heterocycles. The summed E-state index contributed by atoms with van der Waals surface area (Å²) in [6, 6.07) is 11.7. The molecule has 0 radical (unpaired) electrons. The highest BCUT2D eigenvalue weighted by molar-refractivity contribution is 7.89. The van der Waals surface area contributed by atoms with Gasteiger partial charge in [0, 0.05) is 24.0 Å². The zero-order valence-corrected chi connectivity index (χ0v) is 15.1. The first-order chi connectivity index (χ1) is 12.2. The average Bonchev–Trinajstić information content (AvgIpc) is 2.60. The summed E-state index contributed by atoms with van der Waals surface area (Å²) in [7, 11) is -2.23. The molecule has 2 rings (SSSR count). The number of nitrogens with one attached hydrogen (secondary N) is 3. The van der Waals surface area contributed by atoms with Crippen molar-refractivity contribution in [3.05, 3.63) is 54.1 Å². The maximum absolute atomic E-state index is 12.3. The molecule has 0 bridgehead atoms. The minimum atomic E-state index is -3.78. The Morgan fingerprint density at radius 3 is 2.27 bits per heavy atom. The molecule has 0 aliphatic heterocycles. The van der Waals surface area contributed by atoms with Gasteiger partial charge in [-0.3, -0.25) is 9.59 Å². The number of anilines is 2. The van der Waals surface area contributed by atoms with Crippen LogP contribution in [0.15, 0.2) is 53.4 Å². The van der Waals surface area contributed by atoms with E-state index in [4.69, 9.17) is 5.14 Å². The van der Waals surface area contributed by atoms with Crippen molar-refractivity contribution in [2.75, 3.05) is 17.7 Å². The lowest BCUT2D eigenvalue weighted by atomic mass is 10.1. The van der Waals surface area contributed by atoms with E-state index in [1.807, 2.05) is 0 Å². The van der Waals surface area contributed by atoms with Crippen LogP contribution in [-0.4, -0.2) is 33.3 Å². The van der Waals surface area contributed by atoms with Gasteiger partial charge in [-0.25, -0.2) is 13.6 Å². The fourth-order valence-electron chi connectivity index (χ4n) is 2.19. The normalized spacial score (nSPS) is 12.1. The van der Waals surface area contributed by atoms with Crippen LogP contribution < -0.4 is 21.1 Å². The Morgan fingerprint density at radius 2 is 1.69 bits per heavy atom. The highest BCUT2D eigenvalue weighted by Gasteiger charge is 2.14. The van der Waals surface area contributed by atoms with Crippen molar-refractivity contribution in [3.8, 4) is 0 Å². The van der Waals surface area contributed by atoms with E-state index >= 15 is 0 Å². The van der Waals surface area contributed by atoms with Gasteiger partial charge in [0.2, 0.25) is 15.9 Å². The number of hydrogen-bond acceptors (Lipinski definition) is 5. The van der Waals surface area contributed by atoms with Crippen LogP contribution in [0.25, 0.3) is 0 Å². The summed E-state index contributed by atoms with van der Waals surface area (Å²) in [5.74, 6) is -0.542. The Balaban J connectivity index is 2.03. The van der Waals surface area contributed by atoms with Gasteiger partial charge in [-0.1, -0.05) is 6.07 Å². The van der Waals surface area contributed by atoms with Crippen molar-refractivity contribution in [1.29, 1.82) is 0 Å². The Kier molecular flexibility index (Phi) is 5.96. The van der Waals surface area contributed by atoms with Crippen molar-refractivity contribution < 1.29 is 18.0 Å².